The van der Waals surface area contributed by atoms with E-state index in [4.69, 9.17) is 9.47 Å². The Balaban J connectivity index is 2.91. The van der Waals surface area contributed by atoms with E-state index in [1.165, 1.54) is 14.2 Å². The van der Waals surface area contributed by atoms with Crippen molar-refractivity contribution in [3.8, 4) is 11.5 Å². The number of para-hydroxylation sites is 1. The van der Waals surface area contributed by atoms with Crippen LogP contribution >= 0.6 is 0 Å². The maximum absolute atomic E-state index is 12.1. The van der Waals surface area contributed by atoms with Crippen LogP contribution in [0.5, 0.6) is 11.5 Å². The van der Waals surface area contributed by atoms with E-state index in [1.54, 1.807) is 18.2 Å². The van der Waals surface area contributed by atoms with Gasteiger partial charge in [0.05, 0.1) is 26.2 Å². The molecule has 0 aromatic heterocycles. The lowest BCUT2D eigenvalue weighted by Gasteiger charge is -2.11. The van der Waals surface area contributed by atoms with Gasteiger partial charge in [-0.1, -0.05) is 19.9 Å². The van der Waals surface area contributed by atoms with E-state index in [-0.39, 0.29) is 23.9 Å². The van der Waals surface area contributed by atoms with Crippen molar-refractivity contribution >= 4 is 11.6 Å². The average molecular weight is 264 g/mol. The molecule has 0 spiro atoms. The molecule has 0 bridgehead atoms. The van der Waals surface area contributed by atoms with Crippen LogP contribution in [0.3, 0.4) is 0 Å². The van der Waals surface area contributed by atoms with Gasteiger partial charge in [-0.25, -0.2) is 0 Å². The molecular weight excluding hydrogens is 244 g/mol. The van der Waals surface area contributed by atoms with Crippen LogP contribution in [0.25, 0.3) is 0 Å². The predicted octanol–water partition coefficient (Wildman–Crippen LogP) is 2.89. The Labute approximate surface area is 113 Å². The van der Waals surface area contributed by atoms with Crippen molar-refractivity contribution in [2.75, 3.05) is 14.2 Å². The lowest BCUT2D eigenvalue weighted by Crippen LogP contribution is -2.11. The Hall–Kier alpha value is -1.84. The molecule has 0 saturated carbocycles. The molecule has 104 valence electrons. The quantitative estimate of drug-likeness (QED) is 0.561. The van der Waals surface area contributed by atoms with Crippen LogP contribution in [0.1, 0.15) is 37.0 Å². The first-order valence-electron chi connectivity index (χ1n) is 6.25. The molecule has 4 nitrogen and oxygen atoms in total. The molecule has 19 heavy (non-hydrogen) atoms. The Bertz CT molecular complexity index is 463. The fraction of sp³-hybridized carbons (Fsp3) is 0.467. The lowest BCUT2D eigenvalue weighted by atomic mass is 9.99. The first kappa shape index (κ1) is 15.2. The van der Waals surface area contributed by atoms with Crippen molar-refractivity contribution in [2.24, 2.45) is 5.92 Å². The van der Waals surface area contributed by atoms with Crippen molar-refractivity contribution in [3.05, 3.63) is 23.8 Å². The monoisotopic (exact) mass is 264 g/mol. The zero-order valence-electron chi connectivity index (χ0n) is 11.9. The normalized spacial score (nSPS) is 10.4. The molecule has 1 rings (SSSR count). The van der Waals surface area contributed by atoms with Crippen molar-refractivity contribution in [3.63, 3.8) is 0 Å². The van der Waals surface area contributed by atoms with Gasteiger partial charge in [-0.2, -0.15) is 0 Å². The van der Waals surface area contributed by atoms with Gasteiger partial charge >= 0.3 is 0 Å². The summed E-state index contributed by atoms with van der Waals surface area (Å²) in [5.74, 6) is 0.843. The van der Waals surface area contributed by atoms with Gasteiger partial charge in [0.2, 0.25) is 0 Å². The molecule has 0 aliphatic carbocycles. The van der Waals surface area contributed by atoms with E-state index >= 15 is 0 Å². The molecule has 4 heteroatoms. The minimum absolute atomic E-state index is 0.0510. The third kappa shape index (κ3) is 4.09. The highest BCUT2D eigenvalue weighted by atomic mass is 16.5. The zero-order chi connectivity index (χ0) is 14.4. The van der Waals surface area contributed by atoms with Crippen molar-refractivity contribution in [1.82, 2.24) is 0 Å². The van der Waals surface area contributed by atoms with E-state index in [9.17, 15) is 9.59 Å². The number of hydrogen-bond acceptors (Lipinski definition) is 4. The SMILES string of the molecule is COc1cccc(C(=O)CC(=O)CC(C)C)c1OC. The molecule has 1 aromatic rings. The first-order chi connectivity index (χ1) is 8.99. The number of ether oxygens (including phenoxy) is 2. The number of benzene rings is 1. The molecule has 0 saturated heterocycles. The van der Waals surface area contributed by atoms with Crippen LogP contribution in [-0.4, -0.2) is 25.8 Å². The molecule has 0 aliphatic heterocycles. The molecule has 0 unspecified atom stereocenters. The number of carbonyl (C=O) groups is 2. The summed E-state index contributed by atoms with van der Waals surface area (Å²) < 4.78 is 10.3. The molecule has 0 radical (unpaired) electrons. The summed E-state index contributed by atoms with van der Waals surface area (Å²) in [5, 5.41) is 0. The summed E-state index contributed by atoms with van der Waals surface area (Å²) in [7, 11) is 2.99. The molecule has 0 aliphatic rings. The summed E-state index contributed by atoms with van der Waals surface area (Å²) in [6.07, 6.45) is 0.319. The van der Waals surface area contributed by atoms with Crippen LogP contribution in [0.4, 0.5) is 0 Å². The van der Waals surface area contributed by atoms with Crippen molar-refractivity contribution in [1.29, 1.82) is 0 Å². The maximum atomic E-state index is 12.1. The molecule has 1 aromatic carbocycles. The highest BCUT2D eigenvalue weighted by Gasteiger charge is 2.19. The second-order valence-corrected chi connectivity index (χ2v) is 4.78. The molecule has 0 N–H and O–H groups in total. The Morgan fingerprint density at radius 1 is 1.16 bits per heavy atom. The summed E-state index contributed by atoms with van der Waals surface area (Å²) in [6, 6.07) is 5.07. The van der Waals surface area contributed by atoms with Gasteiger partial charge < -0.3 is 9.47 Å². The molecular formula is C15H20O4. The van der Waals surface area contributed by atoms with E-state index in [0.29, 0.717) is 23.5 Å². The smallest absolute Gasteiger partial charge is 0.174 e. The van der Waals surface area contributed by atoms with E-state index in [0.717, 1.165) is 0 Å². The lowest BCUT2D eigenvalue weighted by molar-refractivity contribution is -0.118. The van der Waals surface area contributed by atoms with Crippen LogP contribution in [-0.2, 0) is 4.79 Å². The number of Topliss-reactive ketones (excluding diaryl/α,β-unsaturated/α-hetero) is 2. The third-order valence-corrected chi connectivity index (χ3v) is 2.70. The topological polar surface area (TPSA) is 52.6 Å². The first-order valence-corrected chi connectivity index (χ1v) is 6.25. The Kier molecular flexibility index (Phi) is 5.55. The molecule has 0 atom stereocenters. The fourth-order valence-electron chi connectivity index (χ4n) is 1.91. The van der Waals surface area contributed by atoms with E-state index < -0.39 is 0 Å². The van der Waals surface area contributed by atoms with Gasteiger partial charge in [-0.3, -0.25) is 9.59 Å². The summed E-state index contributed by atoms with van der Waals surface area (Å²) in [4.78, 5) is 23.8. The summed E-state index contributed by atoms with van der Waals surface area (Å²) in [5.41, 5.74) is 0.388. The van der Waals surface area contributed by atoms with Crippen molar-refractivity contribution < 1.29 is 19.1 Å². The standard InChI is InChI=1S/C15H20O4/c1-10(2)8-11(16)9-13(17)12-6-5-7-14(18-3)15(12)19-4/h5-7,10H,8-9H2,1-4H3. The Morgan fingerprint density at radius 3 is 2.37 bits per heavy atom. The highest BCUT2D eigenvalue weighted by Crippen LogP contribution is 2.31. The van der Waals surface area contributed by atoms with Crippen molar-refractivity contribution in [2.45, 2.75) is 26.7 Å². The Morgan fingerprint density at radius 2 is 1.84 bits per heavy atom. The van der Waals surface area contributed by atoms with Gasteiger partial charge in [0.25, 0.3) is 0 Å². The number of methoxy groups -OCH3 is 2. The van der Waals surface area contributed by atoms with Gasteiger partial charge in [-0.15, -0.1) is 0 Å². The zero-order valence-corrected chi connectivity index (χ0v) is 11.9. The van der Waals surface area contributed by atoms with Crippen LogP contribution in [0.15, 0.2) is 18.2 Å². The van der Waals surface area contributed by atoms with Gasteiger partial charge in [0.1, 0.15) is 5.78 Å². The second-order valence-electron chi connectivity index (χ2n) is 4.78. The number of ketones is 2. The van der Waals surface area contributed by atoms with Crippen LogP contribution in [0.2, 0.25) is 0 Å². The van der Waals surface area contributed by atoms with Gasteiger partial charge in [0.15, 0.2) is 17.3 Å². The minimum atomic E-state index is -0.235. The average Bonchev–Trinajstić information content (AvgIpc) is 2.36. The fourth-order valence-corrected chi connectivity index (χ4v) is 1.91. The van der Waals surface area contributed by atoms with E-state index in [1.807, 2.05) is 13.8 Å². The minimum Gasteiger partial charge on any atom is -0.493 e. The highest BCUT2D eigenvalue weighted by molar-refractivity contribution is 6.09. The molecule has 0 amide bonds. The summed E-state index contributed by atoms with van der Waals surface area (Å²) >= 11 is 0. The number of rotatable bonds is 7. The summed E-state index contributed by atoms with van der Waals surface area (Å²) in [6.45, 7) is 3.91. The third-order valence-electron chi connectivity index (χ3n) is 2.70. The number of hydrogen-bond donors (Lipinski definition) is 0. The number of carbonyl (C=O) groups excluding carboxylic acids is 2. The van der Waals surface area contributed by atoms with E-state index in [2.05, 4.69) is 0 Å². The molecule has 0 heterocycles. The second kappa shape index (κ2) is 6.92. The largest absolute Gasteiger partial charge is 0.493 e. The van der Waals surface area contributed by atoms with Crippen LogP contribution < -0.4 is 9.47 Å². The van der Waals surface area contributed by atoms with Gasteiger partial charge in [-0.05, 0) is 18.1 Å². The van der Waals surface area contributed by atoms with Gasteiger partial charge in [0, 0.05) is 6.42 Å². The maximum Gasteiger partial charge on any atom is 0.174 e. The molecule has 0 fully saturated rings. The van der Waals surface area contributed by atoms with Crippen LogP contribution in [0, 0.1) is 5.92 Å². The predicted molar refractivity (Wildman–Crippen MR) is 73.0 cm³/mol.